The van der Waals surface area contributed by atoms with Gasteiger partial charge >= 0.3 is 5.97 Å². The first-order valence-electron chi connectivity index (χ1n) is 7.61. The highest BCUT2D eigenvalue weighted by Gasteiger charge is 2.35. The SMILES string of the molecule is O=C(O)[C@@H]1CC(=O)N(Cc2ccc(Cl)cc2)C(=Nc2ccccc2)S1. The molecule has 5 nitrogen and oxygen atoms in total. The van der Waals surface area contributed by atoms with Gasteiger partial charge < -0.3 is 5.11 Å². The number of amidine groups is 1. The Balaban J connectivity index is 1.91. The molecule has 1 fully saturated rings. The Bertz CT molecular complexity index is 809. The van der Waals surface area contributed by atoms with Crippen molar-refractivity contribution in [2.24, 2.45) is 4.99 Å². The van der Waals surface area contributed by atoms with E-state index in [0.717, 1.165) is 17.3 Å². The smallest absolute Gasteiger partial charge is 0.317 e. The van der Waals surface area contributed by atoms with Gasteiger partial charge in [-0.05, 0) is 29.8 Å². The molecule has 1 saturated heterocycles. The predicted octanol–water partition coefficient (Wildman–Crippen LogP) is 3.95. The van der Waals surface area contributed by atoms with E-state index in [-0.39, 0.29) is 12.3 Å². The number of nitrogens with zero attached hydrogens (tertiary/aromatic N) is 2. The zero-order chi connectivity index (χ0) is 17.8. The molecule has 0 aromatic heterocycles. The van der Waals surface area contributed by atoms with Crippen LogP contribution in [0.1, 0.15) is 12.0 Å². The molecule has 0 radical (unpaired) electrons. The van der Waals surface area contributed by atoms with Gasteiger partial charge in [-0.15, -0.1) is 0 Å². The highest BCUT2D eigenvalue weighted by Crippen LogP contribution is 2.30. The normalized spacial score (nSPS) is 19.2. The van der Waals surface area contributed by atoms with Gasteiger partial charge in [-0.1, -0.05) is 53.7 Å². The molecule has 1 atom stereocenters. The minimum Gasteiger partial charge on any atom is -0.480 e. The monoisotopic (exact) mass is 374 g/mol. The van der Waals surface area contributed by atoms with Crippen molar-refractivity contribution in [3.05, 3.63) is 65.2 Å². The van der Waals surface area contributed by atoms with E-state index >= 15 is 0 Å². The molecular weight excluding hydrogens is 360 g/mol. The number of halogens is 1. The molecule has 3 rings (SSSR count). The topological polar surface area (TPSA) is 70.0 Å². The lowest BCUT2D eigenvalue weighted by molar-refractivity contribution is -0.139. The minimum absolute atomic E-state index is 0.0542. The van der Waals surface area contributed by atoms with E-state index in [4.69, 9.17) is 11.6 Å². The van der Waals surface area contributed by atoms with Gasteiger partial charge in [0, 0.05) is 5.02 Å². The molecule has 25 heavy (non-hydrogen) atoms. The minimum atomic E-state index is -1.01. The Kier molecular flexibility index (Phi) is 5.40. The van der Waals surface area contributed by atoms with E-state index in [1.807, 2.05) is 42.5 Å². The lowest BCUT2D eigenvalue weighted by Gasteiger charge is -2.30. The van der Waals surface area contributed by atoms with E-state index in [0.29, 0.717) is 22.4 Å². The lowest BCUT2D eigenvalue weighted by Crippen LogP contribution is -2.43. The molecule has 1 amide bonds. The summed E-state index contributed by atoms with van der Waals surface area (Å²) >= 11 is 7.00. The van der Waals surface area contributed by atoms with Crippen LogP contribution in [0.3, 0.4) is 0 Å². The fraction of sp³-hybridized carbons (Fsp3) is 0.167. The third-order valence-corrected chi connectivity index (χ3v) is 5.08. The summed E-state index contributed by atoms with van der Waals surface area (Å²) in [6, 6.07) is 16.4. The molecule has 0 unspecified atom stereocenters. The van der Waals surface area contributed by atoms with Crippen LogP contribution in [-0.4, -0.2) is 32.3 Å². The molecule has 0 bridgehead atoms. The van der Waals surface area contributed by atoms with Crippen LogP contribution < -0.4 is 0 Å². The number of thioether (sulfide) groups is 1. The number of benzene rings is 2. The van der Waals surface area contributed by atoms with Crippen molar-refractivity contribution in [2.45, 2.75) is 18.2 Å². The van der Waals surface area contributed by atoms with Crippen LogP contribution in [0.4, 0.5) is 5.69 Å². The van der Waals surface area contributed by atoms with Crippen molar-refractivity contribution < 1.29 is 14.7 Å². The van der Waals surface area contributed by atoms with E-state index in [2.05, 4.69) is 4.99 Å². The molecule has 2 aromatic carbocycles. The van der Waals surface area contributed by atoms with Gasteiger partial charge in [0.2, 0.25) is 5.91 Å². The van der Waals surface area contributed by atoms with Crippen LogP contribution in [-0.2, 0) is 16.1 Å². The Morgan fingerprint density at radius 3 is 2.52 bits per heavy atom. The molecule has 1 N–H and O–H groups in total. The first-order chi connectivity index (χ1) is 12.0. The number of carbonyl (C=O) groups excluding carboxylic acids is 1. The zero-order valence-corrected chi connectivity index (χ0v) is 14.7. The van der Waals surface area contributed by atoms with Gasteiger partial charge in [0.25, 0.3) is 0 Å². The molecule has 2 aromatic rings. The molecular formula is C18H15ClN2O3S. The lowest BCUT2D eigenvalue weighted by atomic mass is 10.2. The maximum absolute atomic E-state index is 12.5. The molecule has 0 saturated carbocycles. The summed E-state index contributed by atoms with van der Waals surface area (Å²) in [4.78, 5) is 29.9. The molecule has 1 aliphatic heterocycles. The second kappa shape index (κ2) is 7.72. The predicted molar refractivity (Wildman–Crippen MR) is 99.2 cm³/mol. The van der Waals surface area contributed by atoms with Crippen LogP contribution in [0.5, 0.6) is 0 Å². The van der Waals surface area contributed by atoms with E-state index < -0.39 is 11.2 Å². The van der Waals surface area contributed by atoms with Crippen LogP contribution in [0, 0.1) is 0 Å². The second-order valence-corrected chi connectivity index (χ2v) is 7.09. The average Bonchev–Trinajstić information content (AvgIpc) is 2.60. The number of para-hydroxylation sites is 1. The third-order valence-electron chi connectivity index (χ3n) is 3.65. The van der Waals surface area contributed by atoms with Crippen LogP contribution >= 0.6 is 23.4 Å². The van der Waals surface area contributed by atoms with Gasteiger partial charge in [-0.25, -0.2) is 4.99 Å². The van der Waals surface area contributed by atoms with Gasteiger partial charge in [0.05, 0.1) is 18.7 Å². The molecule has 1 aliphatic rings. The number of carboxylic acid groups (broad SMARTS) is 1. The fourth-order valence-electron chi connectivity index (χ4n) is 2.37. The summed E-state index contributed by atoms with van der Waals surface area (Å²) in [5, 5.41) is 9.47. The Hall–Kier alpha value is -2.31. The second-order valence-electron chi connectivity index (χ2n) is 5.49. The van der Waals surface area contributed by atoms with Crippen LogP contribution in [0.15, 0.2) is 59.6 Å². The number of hydrogen-bond donors (Lipinski definition) is 1. The highest BCUT2D eigenvalue weighted by atomic mass is 35.5. The number of carbonyl (C=O) groups is 2. The summed E-state index contributed by atoms with van der Waals surface area (Å²) in [5.41, 5.74) is 1.57. The van der Waals surface area contributed by atoms with Crippen molar-refractivity contribution in [3.8, 4) is 0 Å². The largest absolute Gasteiger partial charge is 0.480 e. The van der Waals surface area contributed by atoms with Crippen molar-refractivity contribution in [1.82, 2.24) is 4.90 Å². The molecule has 0 aliphatic carbocycles. The van der Waals surface area contributed by atoms with Gasteiger partial charge in [0.1, 0.15) is 5.25 Å². The van der Waals surface area contributed by atoms with E-state index in [1.165, 1.54) is 4.90 Å². The van der Waals surface area contributed by atoms with Gasteiger partial charge in [-0.3, -0.25) is 14.5 Å². The van der Waals surface area contributed by atoms with Crippen molar-refractivity contribution in [2.75, 3.05) is 0 Å². The quantitative estimate of drug-likeness (QED) is 0.879. The first-order valence-corrected chi connectivity index (χ1v) is 8.87. The molecule has 128 valence electrons. The van der Waals surface area contributed by atoms with Crippen molar-refractivity contribution >= 4 is 46.1 Å². The summed E-state index contributed by atoms with van der Waals surface area (Å²) in [5.74, 6) is -1.26. The van der Waals surface area contributed by atoms with Crippen molar-refractivity contribution in [3.63, 3.8) is 0 Å². The maximum Gasteiger partial charge on any atom is 0.317 e. The fourth-order valence-corrected chi connectivity index (χ4v) is 3.53. The van der Waals surface area contributed by atoms with Crippen LogP contribution in [0.2, 0.25) is 5.02 Å². The summed E-state index contributed by atoms with van der Waals surface area (Å²) < 4.78 is 0. The Morgan fingerprint density at radius 2 is 1.88 bits per heavy atom. The maximum atomic E-state index is 12.5. The molecule has 7 heteroatoms. The highest BCUT2D eigenvalue weighted by molar-refractivity contribution is 8.15. The first kappa shape index (κ1) is 17.5. The Morgan fingerprint density at radius 1 is 1.20 bits per heavy atom. The summed E-state index contributed by atoms with van der Waals surface area (Å²) in [6.45, 7) is 0.320. The third kappa shape index (κ3) is 4.41. The number of rotatable bonds is 4. The Labute approximate surface area is 154 Å². The number of carboxylic acids is 1. The summed E-state index contributed by atoms with van der Waals surface area (Å²) in [6.07, 6.45) is -0.0542. The number of aliphatic carboxylic acids is 1. The molecule has 0 spiro atoms. The number of aliphatic imine (C=N–C) groups is 1. The average molecular weight is 375 g/mol. The summed E-state index contributed by atoms with van der Waals surface area (Å²) in [7, 11) is 0. The van der Waals surface area contributed by atoms with Crippen LogP contribution in [0.25, 0.3) is 0 Å². The van der Waals surface area contributed by atoms with Crippen molar-refractivity contribution in [1.29, 1.82) is 0 Å². The number of amides is 1. The van der Waals surface area contributed by atoms with E-state index in [9.17, 15) is 14.7 Å². The van der Waals surface area contributed by atoms with Gasteiger partial charge in [0.15, 0.2) is 5.17 Å². The standard InChI is InChI=1S/C18H15ClN2O3S/c19-13-8-6-12(7-9-13)11-21-16(22)10-15(17(23)24)25-18(21)20-14-4-2-1-3-5-14/h1-9,15H,10-11H2,(H,23,24)/t15-/m0/s1. The number of hydrogen-bond acceptors (Lipinski definition) is 4. The zero-order valence-electron chi connectivity index (χ0n) is 13.1. The van der Waals surface area contributed by atoms with E-state index in [1.54, 1.807) is 12.1 Å². The molecule has 1 heterocycles. The van der Waals surface area contributed by atoms with Gasteiger partial charge in [-0.2, -0.15) is 0 Å².